The first kappa shape index (κ1) is 15.7. The van der Waals surface area contributed by atoms with Gasteiger partial charge in [-0.2, -0.15) is 0 Å². The number of hydrogen-bond acceptors (Lipinski definition) is 2. The van der Waals surface area contributed by atoms with Crippen LogP contribution in [0.2, 0.25) is 0 Å². The van der Waals surface area contributed by atoms with E-state index in [-0.39, 0.29) is 5.92 Å². The Bertz CT molecular complexity index is 1200. The van der Waals surface area contributed by atoms with E-state index in [1.54, 1.807) is 0 Å². The largest absolute Gasteiger partial charge is 0.399 e. The fourth-order valence-electron chi connectivity index (χ4n) is 4.24. The minimum absolute atomic E-state index is 0.119. The van der Waals surface area contributed by atoms with Gasteiger partial charge in [-0.15, -0.1) is 0 Å². The summed E-state index contributed by atoms with van der Waals surface area (Å²) in [6.45, 7) is 0. The number of hydrogen-bond donors (Lipinski definition) is 2. The van der Waals surface area contributed by atoms with Gasteiger partial charge in [0.15, 0.2) is 0 Å². The van der Waals surface area contributed by atoms with Gasteiger partial charge in [-0.1, -0.05) is 60.7 Å². The monoisotopic (exact) mass is 348 g/mol. The van der Waals surface area contributed by atoms with Crippen LogP contribution in [-0.2, 0) is 0 Å². The first-order valence-corrected chi connectivity index (χ1v) is 9.15. The molecule has 0 amide bonds. The van der Waals surface area contributed by atoms with Gasteiger partial charge in [-0.3, -0.25) is 0 Å². The minimum Gasteiger partial charge on any atom is -0.399 e. The summed E-state index contributed by atoms with van der Waals surface area (Å²) in [5, 5.41) is 2.59. The maximum atomic E-state index is 6.13. The predicted octanol–water partition coefficient (Wildman–Crippen LogP) is 5.69. The summed E-state index contributed by atoms with van der Waals surface area (Å²) in [4.78, 5) is 0. The molecule has 5 rings (SSSR count). The van der Waals surface area contributed by atoms with E-state index in [0.717, 1.165) is 16.9 Å². The van der Waals surface area contributed by atoms with Crippen LogP contribution in [0.4, 0.5) is 11.4 Å². The van der Waals surface area contributed by atoms with E-state index < -0.39 is 0 Å². The van der Waals surface area contributed by atoms with Crippen LogP contribution in [-0.4, -0.2) is 0 Å². The van der Waals surface area contributed by atoms with Crippen LogP contribution in [0.5, 0.6) is 0 Å². The Kier molecular flexibility index (Phi) is 3.51. The number of nitrogens with two attached hydrogens (primary N) is 2. The summed E-state index contributed by atoms with van der Waals surface area (Å²) in [7, 11) is 0. The molecule has 0 heterocycles. The van der Waals surface area contributed by atoms with Gasteiger partial charge in [0.25, 0.3) is 0 Å². The quantitative estimate of drug-likeness (QED) is 0.457. The van der Waals surface area contributed by atoms with Crippen LogP contribution in [0.1, 0.15) is 28.2 Å². The number of benzene rings is 4. The Morgan fingerprint density at radius 3 is 2.15 bits per heavy atom. The van der Waals surface area contributed by atoms with Crippen LogP contribution in [0.3, 0.4) is 0 Å². The van der Waals surface area contributed by atoms with E-state index >= 15 is 0 Å². The van der Waals surface area contributed by atoms with Crippen molar-refractivity contribution in [1.29, 1.82) is 0 Å². The molecule has 0 saturated carbocycles. The number of nitrogen functional groups attached to an aromatic ring is 2. The second kappa shape index (κ2) is 6.03. The van der Waals surface area contributed by atoms with E-state index in [1.807, 2.05) is 24.3 Å². The van der Waals surface area contributed by atoms with Gasteiger partial charge in [0.2, 0.25) is 0 Å². The maximum absolute atomic E-state index is 6.13. The highest BCUT2D eigenvalue weighted by Crippen LogP contribution is 2.46. The molecule has 27 heavy (non-hydrogen) atoms. The molecule has 0 bridgehead atoms. The van der Waals surface area contributed by atoms with Crippen molar-refractivity contribution in [2.24, 2.45) is 0 Å². The Morgan fingerprint density at radius 1 is 0.667 bits per heavy atom. The lowest BCUT2D eigenvalue weighted by Gasteiger charge is -2.28. The van der Waals surface area contributed by atoms with Gasteiger partial charge >= 0.3 is 0 Å². The van der Waals surface area contributed by atoms with E-state index in [1.165, 1.54) is 33.0 Å². The highest BCUT2D eigenvalue weighted by atomic mass is 14.5. The van der Waals surface area contributed by atoms with Crippen molar-refractivity contribution < 1.29 is 0 Å². The fourth-order valence-corrected chi connectivity index (χ4v) is 4.24. The van der Waals surface area contributed by atoms with Crippen molar-refractivity contribution in [2.45, 2.75) is 5.92 Å². The summed E-state index contributed by atoms with van der Waals surface area (Å²) in [5.74, 6) is 0.119. The molecule has 0 spiro atoms. The van der Waals surface area contributed by atoms with Crippen molar-refractivity contribution in [1.82, 2.24) is 0 Å². The molecule has 0 aliphatic heterocycles. The molecule has 1 atom stereocenters. The molecule has 2 nitrogen and oxygen atoms in total. The van der Waals surface area contributed by atoms with E-state index in [4.69, 9.17) is 11.5 Å². The highest BCUT2D eigenvalue weighted by Gasteiger charge is 2.27. The Hall–Kier alpha value is -3.52. The van der Waals surface area contributed by atoms with Gasteiger partial charge in [-0.05, 0) is 68.9 Å². The number of anilines is 2. The average Bonchev–Trinajstić information content (AvgIpc) is 2.68. The lowest BCUT2D eigenvalue weighted by atomic mass is 9.75. The maximum Gasteiger partial charge on any atom is 0.0353 e. The molecular formula is C25H20N2. The molecule has 0 saturated heterocycles. The molecule has 0 fully saturated rings. The van der Waals surface area contributed by atoms with Gasteiger partial charge in [0, 0.05) is 17.3 Å². The van der Waals surface area contributed by atoms with Gasteiger partial charge in [0.1, 0.15) is 0 Å². The molecule has 4 aromatic carbocycles. The zero-order valence-electron chi connectivity index (χ0n) is 14.9. The number of rotatable bonds is 2. The lowest BCUT2D eigenvalue weighted by molar-refractivity contribution is 1.06. The Labute approximate surface area is 158 Å². The van der Waals surface area contributed by atoms with Crippen LogP contribution >= 0.6 is 0 Å². The predicted molar refractivity (Wildman–Crippen MR) is 115 cm³/mol. The second-order valence-corrected chi connectivity index (χ2v) is 7.12. The summed E-state index contributed by atoms with van der Waals surface area (Å²) in [6, 6.07) is 29.4. The van der Waals surface area contributed by atoms with Crippen molar-refractivity contribution in [2.75, 3.05) is 11.5 Å². The first-order valence-electron chi connectivity index (χ1n) is 9.15. The minimum atomic E-state index is 0.119. The third-order valence-electron chi connectivity index (χ3n) is 5.37. The molecule has 130 valence electrons. The van der Waals surface area contributed by atoms with Crippen molar-refractivity contribution in [3.63, 3.8) is 0 Å². The van der Waals surface area contributed by atoms with Crippen LogP contribution < -0.4 is 11.5 Å². The van der Waals surface area contributed by atoms with Crippen molar-refractivity contribution in [3.05, 3.63) is 107 Å². The molecule has 2 heteroatoms. The van der Waals surface area contributed by atoms with Gasteiger partial charge in [-0.25, -0.2) is 0 Å². The van der Waals surface area contributed by atoms with E-state index in [9.17, 15) is 0 Å². The smallest absolute Gasteiger partial charge is 0.0353 e. The SMILES string of the molecule is Nc1cccc(C2=Cc3cccc4cccc(c34)C2c2cccc(N)c2)c1. The number of allylic oxidation sites excluding steroid dienone is 1. The Morgan fingerprint density at radius 2 is 1.37 bits per heavy atom. The highest BCUT2D eigenvalue weighted by molar-refractivity contribution is 6.04. The van der Waals surface area contributed by atoms with E-state index in [0.29, 0.717) is 0 Å². The third kappa shape index (κ3) is 2.58. The average molecular weight is 348 g/mol. The topological polar surface area (TPSA) is 52.0 Å². The van der Waals surface area contributed by atoms with E-state index in [2.05, 4.69) is 66.7 Å². The first-order chi connectivity index (χ1) is 13.2. The zero-order valence-corrected chi connectivity index (χ0v) is 14.9. The summed E-state index contributed by atoms with van der Waals surface area (Å²) in [5.41, 5.74) is 19.9. The molecule has 0 aromatic heterocycles. The summed E-state index contributed by atoms with van der Waals surface area (Å²) in [6.07, 6.45) is 2.30. The lowest BCUT2D eigenvalue weighted by Crippen LogP contribution is -2.10. The summed E-state index contributed by atoms with van der Waals surface area (Å²) < 4.78 is 0. The normalized spacial score (nSPS) is 15.6. The van der Waals surface area contributed by atoms with Crippen molar-refractivity contribution in [3.8, 4) is 0 Å². The molecule has 1 unspecified atom stereocenters. The van der Waals surface area contributed by atoms with Crippen LogP contribution in [0.25, 0.3) is 22.4 Å². The second-order valence-electron chi connectivity index (χ2n) is 7.12. The molecule has 0 radical (unpaired) electrons. The Balaban J connectivity index is 1.84. The van der Waals surface area contributed by atoms with Crippen molar-refractivity contribution >= 4 is 33.8 Å². The third-order valence-corrected chi connectivity index (χ3v) is 5.37. The molecular weight excluding hydrogens is 328 g/mol. The standard InChI is InChI=1S/C25H20N2/c26-20-10-2-7-17(13-20)23-15-19-8-1-5-16-6-4-12-22(24(16)19)25(23)18-9-3-11-21(27)14-18/h1-15,25H,26-27H2. The van der Waals surface area contributed by atoms with Gasteiger partial charge in [0.05, 0.1) is 0 Å². The zero-order chi connectivity index (χ0) is 18.4. The molecule has 4 N–H and O–H groups in total. The van der Waals surface area contributed by atoms with Crippen LogP contribution in [0.15, 0.2) is 84.9 Å². The molecule has 1 aliphatic rings. The van der Waals surface area contributed by atoms with Crippen LogP contribution in [0, 0.1) is 0 Å². The molecule has 1 aliphatic carbocycles. The van der Waals surface area contributed by atoms with Gasteiger partial charge < -0.3 is 11.5 Å². The molecule has 4 aromatic rings. The summed E-state index contributed by atoms with van der Waals surface area (Å²) >= 11 is 0. The fraction of sp³-hybridized carbons (Fsp3) is 0.0400.